The van der Waals surface area contributed by atoms with E-state index in [0.717, 1.165) is 5.56 Å². The first-order chi connectivity index (χ1) is 13.9. The molecule has 2 aromatic carbocycles. The van der Waals surface area contributed by atoms with Gasteiger partial charge in [0.15, 0.2) is 17.5 Å². The molecule has 0 bridgehead atoms. The van der Waals surface area contributed by atoms with E-state index in [4.69, 9.17) is 4.74 Å². The number of halogens is 2. The number of benzene rings is 2. The van der Waals surface area contributed by atoms with Crippen molar-refractivity contribution in [3.63, 3.8) is 0 Å². The van der Waals surface area contributed by atoms with Crippen LogP contribution in [0.2, 0.25) is 0 Å². The Hall–Kier alpha value is -2.36. The third-order valence-electron chi connectivity index (χ3n) is 4.25. The summed E-state index contributed by atoms with van der Waals surface area (Å²) in [5.74, 6) is 0.184. The lowest BCUT2D eigenvalue weighted by Gasteiger charge is -2.21. The van der Waals surface area contributed by atoms with Crippen LogP contribution in [0.25, 0.3) is 0 Å². The minimum absolute atomic E-state index is 0. The average molecular weight is 528 g/mol. The highest BCUT2D eigenvalue weighted by Gasteiger charge is 2.12. The molecular weight excluding hydrogens is 498 g/mol. The molecule has 0 spiro atoms. The second-order valence-electron chi connectivity index (χ2n) is 6.97. The molecule has 0 saturated carbocycles. The van der Waals surface area contributed by atoms with E-state index in [1.807, 2.05) is 44.2 Å². The minimum Gasteiger partial charge on any atom is -0.486 e. The topological polar surface area (TPSA) is 66.0 Å². The number of hydrogen-bond donors (Lipinski definition) is 2. The van der Waals surface area contributed by atoms with Crippen LogP contribution in [-0.4, -0.2) is 50.1 Å². The van der Waals surface area contributed by atoms with Crippen molar-refractivity contribution in [3.8, 4) is 5.75 Å². The van der Waals surface area contributed by atoms with Crippen LogP contribution in [0.15, 0.2) is 59.6 Å². The van der Waals surface area contributed by atoms with Gasteiger partial charge in [0, 0.05) is 14.1 Å². The van der Waals surface area contributed by atoms with E-state index in [9.17, 15) is 9.18 Å². The number of carbonyl (C=O) groups is 1. The highest BCUT2D eigenvalue weighted by atomic mass is 127. The molecule has 30 heavy (non-hydrogen) atoms. The van der Waals surface area contributed by atoms with E-state index in [1.54, 1.807) is 32.3 Å². The van der Waals surface area contributed by atoms with Gasteiger partial charge in [-0.05, 0) is 31.5 Å². The van der Waals surface area contributed by atoms with E-state index in [-0.39, 0.29) is 54.3 Å². The van der Waals surface area contributed by atoms with Crippen molar-refractivity contribution in [3.05, 3.63) is 66.0 Å². The summed E-state index contributed by atoms with van der Waals surface area (Å²) in [7, 11) is 3.38. The van der Waals surface area contributed by atoms with Gasteiger partial charge in [-0.15, -0.1) is 24.0 Å². The lowest BCUT2D eigenvalue weighted by molar-refractivity contribution is -0.127. The lowest BCUT2D eigenvalue weighted by Crippen LogP contribution is -2.43. The molecule has 2 unspecified atom stereocenters. The van der Waals surface area contributed by atoms with E-state index in [0.29, 0.717) is 12.5 Å². The van der Waals surface area contributed by atoms with Gasteiger partial charge in [-0.1, -0.05) is 42.5 Å². The standard InChI is InChI=1S/C22H29FN4O2.HI/c1-16(29-20-13-9-8-12-19(20)23)14-24-22(25-15-21(28)27(3)4)26-17(2)18-10-6-5-7-11-18;/h5-13,16-17H,14-15H2,1-4H3,(H2,24,25,26);1H. The van der Waals surface area contributed by atoms with Gasteiger partial charge >= 0.3 is 0 Å². The van der Waals surface area contributed by atoms with Crippen molar-refractivity contribution < 1.29 is 13.9 Å². The molecule has 0 aliphatic carbocycles. The van der Waals surface area contributed by atoms with Gasteiger partial charge in [0.05, 0.1) is 12.6 Å². The molecule has 2 rings (SSSR count). The van der Waals surface area contributed by atoms with Crippen LogP contribution >= 0.6 is 24.0 Å². The van der Waals surface area contributed by atoms with Crippen LogP contribution in [0.1, 0.15) is 25.5 Å². The van der Waals surface area contributed by atoms with Gasteiger partial charge in [-0.2, -0.15) is 0 Å². The zero-order chi connectivity index (χ0) is 21.2. The molecule has 6 nitrogen and oxygen atoms in total. The fourth-order valence-electron chi connectivity index (χ4n) is 2.51. The summed E-state index contributed by atoms with van der Waals surface area (Å²) < 4.78 is 19.4. The summed E-state index contributed by atoms with van der Waals surface area (Å²) in [5.41, 5.74) is 1.09. The summed E-state index contributed by atoms with van der Waals surface area (Å²) in [6, 6.07) is 16.2. The van der Waals surface area contributed by atoms with Gasteiger partial charge in [0.2, 0.25) is 5.91 Å². The predicted octanol–water partition coefficient (Wildman–Crippen LogP) is 3.60. The summed E-state index contributed by atoms with van der Waals surface area (Å²) in [6.07, 6.45) is -0.310. The zero-order valence-corrected chi connectivity index (χ0v) is 20.1. The molecule has 0 radical (unpaired) electrons. The Balaban J connectivity index is 0.00000450. The Bertz CT molecular complexity index is 818. The molecule has 0 aliphatic heterocycles. The highest BCUT2D eigenvalue weighted by molar-refractivity contribution is 14.0. The molecule has 0 heterocycles. The van der Waals surface area contributed by atoms with E-state index in [2.05, 4.69) is 15.6 Å². The molecular formula is C22H30FIN4O2. The van der Waals surface area contributed by atoms with Crippen molar-refractivity contribution in [1.29, 1.82) is 0 Å². The molecule has 2 atom stereocenters. The fourth-order valence-corrected chi connectivity index (χ4v) is 2.51. The fraction of sp³-hybridized carbons (Fsp3) is 0.364. The molecule has 0 aromatic heterocycles. The summed E-state index contributed by atoms with van der Waals surface area (Å²) in [5, 5.41) is 6.47. The Morgan fingerprint density at radius 1 is 1.10 bits per heavy atom. The monoisotopic (exact) mass is 528 g/mol. The second kappa shape index (κ2) is 13.0. The number of guanidine groups is 1. The Kier molecular flexibility index (Phi) is 11.2. The molecule has 0 saturated heterocycles. The maximum absolute atomic E-state index is 13.8. The van der Waals surface area contributed by atoms with E-state index in [1.165, 1.54) is 11.0 Å². The maximum atomic E-state index is 13.8. The smallest absolute Gasteiger partial charge is 0.243 e. The van der Waals surface area contributed by atoms with Crippen molar-refractivity contribution in [1.82, 2.24) is 15.5 Å². The highest BCUT2D eigenvalue weighted by Crippen LogP contribution is 2.16. The first-order valence-electron chi connectivity index (χ1n) is 9.58. The van der Waals surface area contributed by atoms with Crippen LogP contribution in [0.4, 0.5) is 4.39 Å². The number of nitrogens with one attached hydrogen (secondary N) is 2. The number of ether oxygens (including phenoxy) is 1. The second-order valence-corrected chi connectivity index (χ2v) is 6.97. The number of carbonyl (C=O) groups excluding carboxylic acids is 1. The number of nitrogens with zero attached hydrogens (tertiary/aromatic N) is 2. The molecule has 0 fully saturated rings. The number of aliphatic imine (C=N–C) groups is 1. The third kappa shape index (κ3) is 8.56. The lowest BCUT2D eigenvalue weighted by atomic mass is 10.1. The molecule has 2 N–H and O–H groups in total. The first kappa shape index (κ1) is 25.7. The minimum atomic E-state index is -0.402. The van der Waals surface area contributed by atoms with E-state index >= 15 is 0 Å². The Morgan fingerprint density at radius 3 is 2.37 bits per heavy atom. The van der Waals surface area contributed by atoms with Gasteiger partial charge in [0.25, 0.3) is 0 Å². The quantitative estimate of drug-likeness (QED) is 0.312. The number of amides is 1. The van der Waals surface area contributed by atoms with Gasteiger partial charge in [-0.25, -0.2) is 9.38 Å². The summed E-state index contributed by atoms with van der Waals surface area (Å²) in [4.78, 5) is 17.8. The largest absolute Gasteiger partial charge is 0.486 e. The zero-order valence-electron chi connectivity index (χ0n) is 17.8. The van der Waals surface area contributed by atoms with Gasteiger partial charge in [-0.3, -0.25) is 4.79 Å². The van der Waals surface area contributed by atoms with Crippen LogP contribution < -0.4 is 15.4 Å². The van der Waals surface area contributed by atoms with Gasteiger partial charge in [0.1, 0.15) is 12.6 Å². The van der Waals surface area contributed by atoms with E-state index < -0.39 is 5.82 Å². The molecule has 0 aliphatic rings. The van der Waals surface area contributed by atoms with Crippen molar-refractivity contribution in [2.75, 3.05) is 27.2 Å². The Morgan fingerprint density at radius 2 is 1.73 bits per heavy atom. The third-order valence-corrected chi connectivity index (χ3v) is 4.25. The number of likely N-dealkylation sites (N-methyl/N-ethyl adjacent to an activating group) is 1. The van der Waals surface area contributed by atoms with Crippen LogP contribution in [-0.2, 0) is 4.79 Å². The SMILES string of the molecule is CC(CNC(=NCC(=O)N(C)C)NC(C)c1ccccc1)Oc1ccccc1F.I. The average Bonchev–Trinajstić information content (AvgIpc) is 2.71. The summed E-state index contributed by atoms with van der Waals surface area (Å²) >= 11 is 0. The number of hydrogen-bond acceptors (Lipinski definition) is 3. The molecule has 2 aromatic rings. The number of rotatable bonds is 8. The van der Waals surface area contributed by atoms with Crippen molar-refractivity contribution >= 4 is 35.8 Å². The van der Waals surface area contributed by atoms with Crippen LogP contribution in [0, 0.1) is 5.82 Å². The summed E-state index contributed by atoms with van der Waals surface area (Å²) in [6.45, 7) is 4.26. The molecule has 8 heteroatoms. The maximum Gasteiger partial charge on any atom is 0.243 e. The van der Waals surface area contributed by atoms with Crippen LogP contribution in [0.3, 0.4) is 0 Å². The van der Waals surface area contributed by atoms with Gasteiger partial charge < -0.3 is 20.3 Å². The van der Waals surface area contributed by atoms with Crippen LogP contribution in [0.5, 0.6) is 5.75 Å². The first-order valence-corrected chi connectivity index (χ1v) is 9.58. The number of para-hydroxylation sites is 1. The Labute approximate surface area is 194 Å². The normalized spacial score (nSPS) is 12.9. The molecule has 1 amide bonds. The predicted molar refractivity (Wildman–Crippen MR) is 129 cm³/mol. The molecule has 164 valence electrons. The van der Waals surface area contributed by atoms with Crippen molar-refractivity contribution in [2.24, 2.45) is 4.99 Å². The van der Waals surface area contributed by atoms with Crippen molar-refractivity contribution in [2.45, 2.75) is 26.0 Å².